The highest BCUT2D eigenvalue weighted by Gasteiger charge is 2.42. The van der Waals surface area contributed by atoms with Gasteiger partial charge in [0.15, 0.2) is 11.5 Å². The molecule has 1 amide bonds. The largest absolute Gasteiger partial charge is 0.413 e. The number of aryl methyl sites for hydroxylation is 1. The van der Waals surface area contributed by atoms with E-state index >= 15 is 0 Å². The predicted molar refractivity (Wildman–Crippen MR) is 129 cm³/mol. The van der Waals surface area contributed by atoms with Gasteiger partial charge in [0.1, 0.15) is 15.7 Å². The number of carbonyl (C=O) groups excluding carboxylic acids is 1. The second-order valence-electron chi connectivity index (χ2n) is 9.11. The van der Waals surface area contributed by atoms with Crippen LogP contribution in [0.25, 0.3) is 5.57 Å². The SMILES string of the molecule is Cn1ncc(NC(=O)c2nc(C3=C(C(F)(F)F)CC(C)(O)C=C3)sc2N)c1N1CCC(CN)CC1. The summed E-state index contributed by atoms with van der Waals surface area (Å²) in [6, 6.07) is 0. The molecule has 2 aliphatic rings. The lowest BCUT2D eigenvalue weighted by atomic mass is 9.87. The number of hydrogen-bond donors (Lipinski definition) is 4. The first kappa shape index (κ1) is 25.2. The lowest BCUT2D eigenvalue weighted by Gasteiger charge is -2.33. The second-order valence-corrected chi connectivity index (χ2v) is 10.1. The molecular formula is C22H28F3N7O2S. The van der Waals surface area contributed by atoms with Crippen LogP contribution in [0.3, 0.4) is 0 Å². The minimum absolute atomic E-state index is 0.00791. The van der Waals surface area contributed by atoms with Gasteiger partial charge in [-0.15, -0.1) is 0 Å². The zero-order chi connectivity index (χ0) is 25.5. The molecular weight excluding hydrogens is 483 g/mol. The number of thiazole rings is 1. The fourth-order valence-corrected chi connectivity index (χ4v) is 5.28. The van der Waals surface area contributed by atoms with Crippen LogP contribution in [0.15, 0.2) is 23.9 Å². The van der Waals surface area contributed by atoms with Crippen molar-refractivity contribution in [1.82, 2.24) is 14.8 Å². The van der Waals surface area contributed by atoms with E-state index in [0.717, 1.165) is 43.1 Å². The Bertz CT molecular complexity index is 1170. The minimum Gasteiger partial charge on any atom is -0.389 e. The fraction of sp³-hybridized carbons (Fsp3) is 0.500. The third-order valence-corrected chi connectivity index (χ3v) is 7.23. The number of amides is 1. The van der Waals surface area contributed by atoms with E-state index in [1.165, 1.54) is 25.3 Å². The summed E-state index contributed by atoms with van der Waals surface area (Å²) >= 11 is 0.792. The Kier molecular flexibility index (Phi) is 6.68. The number of alkyl halides is 3. The van der Waals surface area contributed by atoms with Gasteiger partial charge in [-0.05, 0) is 32.2 Å². The number of nitrogen functional groups attached to an aromatic ring is 1. The number of piperidine rings is 1. The Labute approximate surface area is 204 Å². The molecule has 0 spiro atoms. The average molecular weight is 512 g/mol. The van der Waals surface area contributed by atoms with Gasteiger partial charge < -0.3 is 26.8 Å². The van der Waals surface area contributed by atoms with Gasteiger partial charge in [-0.2, -0.15) is 18.3 Å². The van der Waals surface area contributed by atoms with Crippen LogP contribution in [0.2, 0.25) is 0 Å². The van der Waals surface area contributed by atoms with Gasteiger partial charge in [-0.1, -0.05) is 23.5 Å². The quantitative estimate of drug-likeness (QED) is 0.485. The first-order valence-electron chi connectivity index (χ1n) is 11.2. The van der Waals surface area contributed by atoms with Gasteiger partial charge in [-0.25, -0.2) is 4.98 Å². The van der Waals surface area contributed by atoms with Crippen LogP contribution in [0.5, 0.6) is 0 Å². The molecule has 2 aromatic heterocycles. The fourth-order valence-electron chi connectivity index (χ4n) is 4.39. The van der Waals surface area contributed by atoms with Gasteiger partial charge in [-0.3, -0.25) is 9.48 Å². The summed E-state index contributed by atoms with van der Waals surface area (Å²) in [6.45, 7) is 3.45. The lowest BCUT2D eigenvalue weighted by molar-refractivity contribution is -0.0987. The first-order chi connectivity index (χ1) is 16.4. The maximum absolute atomic E-state index is 13.7. The number of rotatable bonds is 5. The Hall–Kier alpha value is -2.90. The number of allylic oxidation sites excluding steroid dienone is 2. The number of nitrogens with two attached hydrogens (primary N) is 2. The molecule has 1 aliphatic carbocycles. The van der Waals surface area contributed by atoms with E-state index in [-0.39, 0.29) is 21.3 Å². The number of anilines is 3. The smallest absolute Gasteiger partial charge is 0.389 e. The summed E-state index contributed by atoms with van der Waals surface area (Å²) in [7, 11) is 1.77. The highest BCUT2D eigenvalue weighted by atomic mass is 32.1. The summed E-state index contributed by atoms with van der Waals surface area (Å²) in [6.07, 6.45) is 0.532. The van der Waals surface area contributed by atoms with Gasteiger partial charge >= 0.3 is 6.18 Å². The van der Waals surface area contributed by atoms with Crippen molar-refractivity contribution in [2.75, 3.05) is 35.6 Å². The number of halogens is 3. The van der Waals surface area contributed by atoms with E-state index in [0.29, 0.717) is 18.2 Å². The van der Waals surface area contributed by atoms with E-state index < -0.39 is 29.7 Å². The van der Waals surface area contributed by atoms with Crippen LogP contribution < -0.4 is 21.7 Å². The Morgan fingerprint density at radius 3 is 2.69 bits per heavy atom. The Morgan fingerprint density at radius 1 is 1.37 bits per heavy atom. The standard InChI is InChI=1S/C22H28F3N7O2S/c1-21(34)6-3-13(14(9-21)22(23,24)25)19-30-16(17(27)35-19)18(33)29-15-11-28-31(2)20(15)32-7-4-12(10-26)5-8-32/h3,6,11-12,34H,4-5,7-10,26-27H2,1-2H3,(H,29,33). The van der Waals surface area contributed by atoms with Crippen molar-refractivity contribution in [3.05, 3.63) is 34.6 Å². The van der Waals surface area contributed by atoms with E-state index in [2.05, 4.69) is 20.3 Å². The molecule has 2 aromatic rings. The molecule has 9 nitrogen and oxygen atoms in total. The minimum atomic E-state index is -4.67. The molecule has 0 radical (unpaired) electrons. The van der Waals surface area contributed by atoms with Gasteiger partial charge in [0.25, 0.3) is 5.91 Å². The monoisotopic (exact) mass is 511 g/mol. The zero-order valence-electron chi connectivity index (χ0n) is 19.4. The van der Waals surface area contributed by atoms with Crippen LogP contribution in [-0.4, -0.2) is 57.2 Å². The molecule has 35 heavy (non-hydrogen) atoms. The van der Waals surface area contributed by atoms with Gasteiger partial charge in [0, 0.05) is 37.7 Å². The molecule has 1 atom stereocenters. The van der Waals surface area contributed by atoms with Crippen molar-refractivity contribution < 1.29 is 23.1 Å². The highest BCUT2D eigenvalue weighted by Crippen LogP contribution is 2.43. The number of carbonyl (C=O) groups is 1. The number of nitrogens with zero attached hydrogens (tertiary/aromatic N) is 4. The molecule has 6 N–H and O–H groups in total. The highest BCUT2D eigenvalue weighted by molar-refractivity contribution is 7.17. The molecule has 3 heterocycles. The van der Waals surface area contributed by atoms with Crippen LogP contribution in [0.4, 0.5) is 29.7 Å². The maximum Gasteiger partial charge on any atom is 0.413 e. The number of aromatic nitrogens is 3. The van der Waals surface area contributed by atoms with Crippen molar-refractivity contribution in [3.63, 3.8) is 0 Å². The number of nitrogens with one attached hydrogen (secondary N) is 1. The van der Waals surface area contributed by atoms with Crippen molar-refractivity contribution in [2.45, 2.75) is 38.0 Å². The normalized spacial score (nSPS) is 21.6. The maximum atomic E-state index is 13.7. The van der Waals surface area contributed by atoms with Crippen molar-refractivity contribution >= 4 is 39.3 Å². The van der Waals surface area contributed by atoms with Crippen molar-refractivity contribution in [1.29, 1.82) is 0 Å². The molecule has 1 aliphatic heterocycles. The second kappa shape index (κ2) is 9.28. The van der Waals surface area contributed by atoms with Crippen LogP contribution in [0, 0.1) is 5.92 Å². The molecule has 1 fully saturated rings. The molecule has 13 heteroatoms. The van der Waals surface area contributed by atoms with Crippen LogP contribution in [0.1, 0.15) is 41.7 Å². The third kappa shape index (κ3) is 5.21. The summed E-state index contributed by atoms with van der Waals surface area (Å²) in [5.41, 5.74) is 9.32. The number of aliphatic hydroxyl groups is 1. The summed E-state index contributed by atoms with van der Waals surface area (Å²) in [4.78, 5) is 19.3. The summed E-state index contributed by atoms with van der Waals surface area (Å²) < 4.78 is 42.7. The van der Waals surface area contributed by atoms with Gasteiger partial charge in [0.2, 0.25) is 0 Å². The molecule has 1 unspecified atom stereocenters. The topological polar surface area (TPSA) is 135 Å². The Morgan fingerprint density at radius 2 is 2.06 bits per heavy atom. The summed E-state index contributed by atoms with van der Waals surface area (Å²) in [5, 5.41) is 17.1. The Balaban J connectivity index is 1.59. The summed E-state index contributed by atoms with van der Waals surface area (Å²) in [5.74, 6) is 0.540. The average Bonchev–Trinajstić information content (AvgIpc) is 3.35. The first-order valence-corrected chi connectivity index (χ1v) is 12.0. The van der Waals surface area contributed by atoms with E-state index in [1.807, 2.05) is 0 Å². The molecule has 0 saturated carbocycles. The molecule has 1 saturated heterocycles. The molecule has 0 bridgehead atoms. The van der Waals surface area contributed by atoms with Crippen molar-refractivity contribution in [2.24, 2.45) is 18.7 Å². The van der Waals surface area contributed by atoms with Gasteiger partial charge in [0.05, 0.1) is 11.8 Å². The zero-order valence-corrected chi connectivity index (χ0v) is 20.2. The molecule has 0 aromatic carbocycles. The lowest BCUT2D eigenvalue weighted by Crippen LogP contribution is -2.37. The van der Waals surface area contributed by atoms with Crippen LogP contribution in [-0.2, 0) is 7.05 Å². The van der Waals surface area contributed by atoms with E-state index in [9.17, 15) is 23.1 Å². The third-order valence-electron chi connectivity index (χ3n) is 6.31. The predicted octanol–water partition coefficient (Wildman–Crippen LogP) is 2.91. The molecule has 190 valence electrons. The molecule has 4 rings (SSSR count). The van der Waals surface area contributed by atoms with E-state index in [1.54, 1.807) is 11.7 Å². The van der Waals surface area contributed by atoms with E-state index in [4.69, 9.17) is 11.5 Å². The van der Waals surface area contributed by atoms with Crippen LogP contribution >= 0.6 is 11.3 Å². The number of hydrogen-bond acceptors (Lipinski definition) is 8. The van der Waals surface area contributed by atoms with Crippen molar-refractivity contribution in [3.8, 4) is 0 Å².